The van der Waals surface area contributed by atoms with Crippen molar-refractivity contribution in [1.82, 2.24) is 4.57 Å². The topological polar surface area (TPSA) is 22.0 Å². The van der Waals surface area contributed by atoms with Crippen LogP contribution in [-0.4, -0.2) is 22.9 Å². The number of rotatable bonds is 5. The molecule has 1 rings (SSSR count). The van der Waals surface area contributed by atoms with Gasteiger partial charge in [-0.05, 0) is 38.3 Å². The lowest BCUT2D eigenvalue weighted by molar-refractivity contribution is 0.112. The first-order valence-corrected chi connectivity index (χ1v) is 6.21. The Labute approximate surface area is 89.7 Å². The highest BCUT2D eigenvalue weighted by molar-refractivity contribution is 7.98. The van der Waals surface area contributed by atoms with Gasteiger partial charge in [0.15, 0.2) is 6.29 Å². The van der Waals surface area contributed by atoms with Crippen LogP contribution in [0.4, 0.5) is 0 Å². The summed E-state index contributed by atoms with van der Waals surface area (Å²) >= 11 is 1.86. The van der Waals surface area contributed by atoms with Crippen molar-refractivity contribution in [1.29, 1.82) is 0 Å². The second-order valence-electron chi connectivity index (χ2n) is 3.44. The van der Waals surface area contributed by atoms with E-state index >= 15 is 0 Å². The number of hydrogen-bond acceptors (Lipinski definition) is 2. The van der Waals surface area contributed by atoms with E-state index < -0.39 is 0 Å². The van der Waals surface area contributed by atoms with Crippen molar-refractivity contribution < 1.29 is 4.79 Å². The molecule has 78 valence electrons. The van der Waals surface area contributed by atoms with E-state index in [0.717, 1.165) is 30.5 Å². The van der Waals surface area contributed by atoms with Crippen molar-refractivity contribution in [2.24, 2.45) is 0 Å². The fraction of sp³-hybridized carbons (Fsp3) is 0.545. The molecule has 0 unspecified atom stereocenters. The van der Waals surface area contributed by atoms with Gasteiger partial charge in [-0.15, -0.1) is 0 Å². The molecule has 1 aromatic heterocycles. The average molecular weight is 211 g/mol. The molecule has 0 aromatic carbocycles. The molecule has 0 saturated heterocycles. The summed E-state index contributed by atoms with van der Waals surface area (Å²) in [6.45, 7) is 5.08. The molecule has 0 bridgehead atoms. The largest absolute Gasteiger partial charge is 0.348 e. The van der Waals surface area contributed by atoms with Crippen LogP contribution in [-0.2, 0) is 6.54 Å². The molecular formula is C11H17NOS. The van der Waals surface area contributed by atoms with Crippen molar-refractivity contribution in [3.05, 3.63) is 23.0 Å². The van der Waals surface area contributed by atoms with Gasteiger partial charge in [0.2, 0.25) is 0 Å². The molecular weight excluding hydrogens is 194 g/mol. The third-order valence-corrected chi connectivity index (χ3v) is 3.17. The van der Waals surface area contributed by atoms with E-state index in [1.165, 1.54) is 11.4 Å². The molecule has 0 N–H and O–H groups in total. The van der Waals surface area contributed by atoms with E-state index in [9.17, 15) is 4.79 Å². The first-order chi connectivity index (χ1) is 6.70. The number of thioether (sulfide) groups is 1. The molecule has 1 aromatic rings. The predicted molar refractivity (Wildman–Crippen MR) is 62.3 cm³/mol. The molecule has 0 radical (unpaired) electrons. The Kier molecular flexibility index (Phi) is 4.26. The fourth-order valence-electron chi connectivity index (χ4n) is 1.66. The van der Waals surface area contributed by atoms with Crippen LogP contribution in [0.15, 0.2) is 6.07 Å². The fourth-order valence-corrected chi connectivity index (χ4v) is 2.08. The van der Waals surface area contributed by atoms with Crippen LogP contribution in [0.25, 0.3) is 0 Å². The van der Waals surface area contributed by atoms with E-state index in [1.807, 2.05) is 24.8 Å². The molecule has 0 atom stereocenters. The zero-order valence-corrected chi connectivity index (χ0v) is 9.86. The number of hydrogen-bond donors (Lipinski definition) is 0. The smallest absolute Gasteiger partial charge is 0.151 e. The third kappa shape index (κ3) is 2.41. The average Bonchev–Trinajstić information content (AvgIpc) is 2.45. The number of aryl methyl sites for hydroxylation is 1. The van der Waals surface area contributed by atoms with Crippen molar-refractivity contribution >= 4 is 18.0 Å². The highest BCUT2D eigenvalue weighted by Gasteiger charge is 2.06. The molecule has 0 fully saturated rings. The number of aldehydes is 1. The second-order valence-corrected chi connectivity index (χ2v) is 4.43. The van der Waals surface area contributed by atoms with Gasteiger partial charge in [-0.3, -0.25) is 4.79 Å². The van der Waals surface area contributed by atoms with E-state index in [1.54, 1.807) is 0 Å². The number of carbonyl (C=O) groups excluding carboxylic acids is 1. The van der Waals surface area contributed by atoms with Crippen LogP contribution in [0.2, 0.25) is 0 Å². The van der Waals surface area contributed by atoms with Crippen LogP contribution in [0.1, 0.15) is 28.2 Å². The molecule has 2 nitrogen and oxygen atoms in total. The van der Waals surface area contributed by atoms with Gasteiger partial charge in [0, 0.05) is 23.5 Å². The summed E-state index contributed by atoms with van der Waals surface area (Å²) < 4.78 is 2.22. The van der Waals surface area contributed by atoms with Crippen LogP contribution < -0.4 is 0 Å². The minimum absolute atomic E-state index is 0.826. The molecule has 3 heteroatoms. The monoisotopic (exact) mass is 211 g/mol. The maximum absolute atomic E-state index is 10.7. The molecule has 0 amide bonds. The molecule has 0 spiro atoms. The van der Waals surface area contributed by atoms with Crippen LogP contribution in [0.3, 0.4) is 0 Å². The van der Waals surface area contributed by atoms with Crippen LogP contribution in [0.5, 0.6) is 0 Å². The summed E-state index contributed by atoms with van der Waals surface area (Å²) in [4.78, 5) is 10.7. The Hall–Kier alpha value is -0.700. The van der Waals surface area contributed by atoms with Crippen molar-refractivity contribution in [2.45, 2.75) is 26.8 Å². The maximum Gasteiger partial charge on any atom is 0.151 e. The summed E-state index contributed by atoms with van der Waals surface area (Å²) in [6.07, 6.45) is 4.22. The zero-order valence-electron chi connectivity index (χ0n) is 9.04. The molecule has 14 heavy (non-hydrogen) atoms. The third-order valence-electron chi connectivity index (χ3n) is 2.47. The van der Waals surface area contributed by atoms with E-state index in [2.05, 4.69) is 17.7 Å². The summed E-state index contributed by atoms with van der Waals surface area (Å²) in [5, 5.41) is 0. The van der Waals surface area contributed by atoms with Gasteiger partial charge < -0.3 is 4.57 Å². The molecule has 0 saturated carbocycles. The standard InChI is InChI=1S/C11H17NOS/c1-9-7-11(8-13)10(2)12(9)5-4-6-14-3/h7-8H,4-6H2,1-3H3. The Morgan fingerprint density at radius 3 is 2.71 bits per heavy atom. The van der Waals surface area contributed by atoms with E-state index in [-0.39, 0.29) is 0 Å². The SMILES string of the molecule is CSCCCn1c(C)cc(C=O)c1C. The first kappa shape index (κ1) is 11.4. The van der Waals surface area contributed by atoms with E-state index in [0.29, 0.717) is 0 Å². The Morgan fingerprint density at radius 1 is 1.50 bits per heavy atom. The normalized spacial score (nSPS) is 10.5. The predicted octanol–water partition coefficient (Wildman–Crippen LogP) is 2.67. The summed E-state index contributed by atoms with van der Waals surface area (Å²) in [5.41, 5.74) is 3.11. The van der Waals surface area contributed by atoms with Crippen LogP contribution >= 0.6 is 11.8 Å². The zero-order chi connectivity index (χ0) is 10.6. The quantitative estimate of drug-likeness (QED) is 0.552. The van der Waals surface area contributed by atoms with Gasteiger partial charge in [-0.2, -0.15) is 11.8 Å². The van der Waals surface area contributed by atoms with Gasteiger partial charge >= 0.3 is 0 Å². The summed E-state index contributed by atoms with van der Waals surface area (Å²) in [6, 6.07) is 1.96. The second kappa shape index (κ2) is 5.25. The highest BCUT2D eigenvalue weighted by atomic mass is 32.2. The Balaban J connectivity index is 2.75. The molecule has 0 aliphatic rings. The minimum atomic E-state index is 0.826. The van der Waals surface area contributed by atoms with Gasteiger partial charge in [0.05, 0.1) is 0 Å². The Bertz CT molecular complexity index is 317. The number of aromatic nitrogens is 1. The molecule has 0 aliphatic heterocycles. The summed E-state index contributed by atoms with van der Waals surface area (Å²) in [7, 11) is 0. The summed E-state index contributed by atoms with van der Waals surface area (Å²) in [5.74, 6) is 1.17. The van der Waals surface area contributed by atoms with Crippen molar-refractivity contribution in [3.63, 3.8) is 0 Å². The van der Waals surface area contributed by atoms with E-state index in [4.69, 9.17) is 0 Å². The lowest BCUT2D eigenvalue weighted by Gasteiger charge is -2.08. The van der Waals surface area contributed by atoms with Gasteiger partial charge in [-0.25, -0.2) is 0 Å². The molecule has 1 heterocycles. The van der Waals surface area contributed by atoms with Crippen molar-refractivity contribution in [3.8, 4) is 0 Å². The lowest BCUT2D eigenvalue weighted by atomic mass is 10.3. The number of nitrogens with zero attached hydrogens (tertiary/aromatic N) is 1. The first-order valence-electron chi connectivity index (χ1n) is 4.81. The maximum atomic E-state index is 10.7. The van der Waals surface area contributed by atoms with Crippen LogP contribution in [0, 0.1) is 13.8 Å². The molecule has 0 aliphatic carbocycles. The highest BCUT2D eigenvalue weighted by Crippen LogP contribution is 2.14. The van der Waals surface area contributed by atoms with Gasteiger partial charge in [0.25, 0.3) is 0 Å². The number of carbonyl (C=O) groups is 1. The van der Waals surface area contributed by atoms with Gasteiger partial charge in [-0.1, -0.05) is 0 Å². The van der Waals surface area contributed by atoms with Gasteiger partial charge in [0.1, 0.15) is 0 Å². The lowest BCUT2D eigenvalue weighted by Crippen LogP contribution is -2.03. The van der Waals surface area contributed by atoms with Crippen molar-refractivity contribution in [2.75, 3.05) is 12.0 Å². The Morgan fingerprint density at radius 2 is 2.21 bits per heavy atom. The minimum Gasteiger partial charge on any atom is -0.348 e.